The molecule has 0 saturated carbocycles. The molecule has 14 heavy (non-hydrogen) atoms. The van der Waals surface area contributed by atoms with Gasteiger partial charge in [-0.25, -0.2) is 0 Å². The van der Waals surface area contributed by atoms with Crippen LogP contribution in [0.2, 0.25) is 0 Å². The van der Waals surface area contributed by atoms with Crippen molar-refractivity contribution in [3.05, 3.63) is 0 Å². The summed E-state index contributed by atoms with van der Waals surface area (Å²) in [7, 11) is 3.73. The van der Waals surface area contributed by atoms with Gasteiger partial charge in [-0.3, -0.25) is 0 Å². The highest BCUT2D eigenvalue weighted by Crippen LogP contribution is 2.05. The normalized spacial score (nSPS) is 10.4. The second kappa shape index (κ2) is 8.00. The maximum atomic E-state index is 5.26. The van der Waals surface area contributed by atoms with Gasteiger partial charge in [0.15, 0.2) is 5.11 Å². The van der Waals surface area contributed by atoms with Gasteiger partial charge in [0.2, 0.25) is 0 Å². The van der Waals surface area contributed by atoms with E-state index < -0.39 is 0 Å². The summed E-state index contributed by atoms with van der Waals surface area (Å²) in [6, 6.07) is 0.539. The van der Waals surface area contributed by atoms with E-state index in [2.05, 4.69) is 24.1 Å². The van der Waals surface area contributed by atoms with Gasteiger partial charge < -0.3 is 15.0 Å². The maximum Gasteiger partial charge on any atom is 0.169 e. The van der Waals surface area contributed by atoms with Gasteiger partial charge in [-0.05, 0) is 25.1 Å². The molecule has 0 bridgehead atoms. The van der Waals surface area contributed by atoms with Crippen LogP contribution < -0.4 is 5.32 Å². The minimum atomic E-state index is 0.539. The summed E-state index contributed by atoms with van der Waals surface area (Å²) in [4.78, 5) is 2.13. The molecule has 0 heterocycles. The molecule has 3 nitrogen and oxygen atoms in total. The lowest BCUT2D eigenvalue weighted by Gasteiger charge is -2.28. The molecule has 0 aromatic rings. The first-order valence-electron chi connectivity index (χ1n) is 5.16. The third-order valence-corrected chi connectivity index (χ3v) is 2.83. The van der Waals surface area contributed by atoms with Crippen molar-refractivity contribution in [2.75, 3.05) is 27.3 Å². The second-order valence-electron chi connectivity index (χ2n) is 3.31. The molecule has 0 fully saturated rings. The van der Waals surface area contributed by atoms with Crippen molar-refractivity contribution in [1.82, 2.24) is 10.2 Å². The van der Waals surface area contributed by atoms with Gasteiger partial charge in [-0.15, -0.1) is 0 Å². The summed E-state index contributed by atoms with van der Waals surface area (Å²) in [6.45, 7) is 5.83. The summed E-state index contributed by atoms with van der Waals surface area (Å²) in [5.74, 6) is 0. The van der Waals surface area contributed by atoms with Gasteiger partial charge >= 0.3 is 0 Å². The lowest BCUT2D eigenvalue weighted by atomic mass is 10.1. The molecule has 0 amide bonds. The Labute approximate surface area is 92.8 Å². The Bertz CT molecular complexity index is 160. The average molecular weight is 218 g/mol. The Kier molecular flexibility index (Phi) is 7.80. The van der Waals surface area contributed by atoms with Crippen LogP contribution in [0.4, 0.5) is 0 Å². The minimum absolute atomic E-state index is 0.539. The molecule has 0 aliphatic heterocycles. The zero-order valence-corrected chi connectivity index (χ0v) is 10.5. The Morgan fingerprint density at radius 1 is 1.43 bits per heavy atom. The van der Waals surface area contributed by atoms with E-state index in [0.29, 0.717) is 12.6 Å². The number of nitrogens with one attached hydrogen (secondary N) is 1. The molecule has 0 aliphatic rings. The van der Waals surface area contributed by atoms with Gasteiger partial charge in [0, 0.05) is 26.7 Å². The molecule has 1 N–H and O–H groups in total. The van der Waals surface area contributed by atoms with Crippen LogP contribution in [0.1, 0.15) is 26.7 Å². The Morgan fingerprint density at radius 2 is 2.00 bits per heavy atom. The highest BCUT2D eigenvalue weighted by molar-refractivity contribution is 7.80. The van der Waals surface area contributed by atoms with E-state index in [-0.39, 0.29) is 0 Å². The highest BCUT2D eigenvalue weighted by Gasteiger charge is 2.12. The van der Waals surface area contributed by atoms with Crippen molar-refractivity contribution in [2.45, 2.75) is 32.7 Å². The largest absolute Gasteiger partial charge is 0.383 e. The fourth-order valence-electron chi connectivity index (χ4n) is 1.39. The van der Waals surface area contributed by atoms with E-state index in [1.807, 2.05) is 7.05 Å². The molecule has 84 valence electrons. The van der Waals surface area contributed by atoms with E-state index in [9.17, 15) is 0 Å². The number of methoxy groups -OCH3 is 1. The first-order valence-corrected chi connectivity index (χ1v) is 5.57. The summed E-state index contributed by atoms with van der Waals surface area (Å²) in [6.07, 6.45) is 2.25. The van der Waals surface area contributed by atoms with Crippen molar-refractivity contribution in [3.8, 4) is 0 Å². The monoisotopic (exact) mass is 218 g/mol. The number of thiocarbonyl (C=S) groups is 1. The summed E-state index contributed by atoms with van der Waals surface area (Å²) >= 11 is 5.26. The maximum absolute atomic E-state index is 5.26. The number of ether oxygens (including phenoxy) is 1. The fourth-order valence-corrected chi connectivity index (χ4v) is 1.64. The Morgan fingerprint density at radius 3 is 2.43 bits per heavy atom. The summed E-state index contributed by atoms with van der Waals surface area (Å²) in [5, 5.41) is 3.98. The van der Waals surface area contributed by atoms with E-state index in [1.54, 1.807) is 7.11 Å². The van der Waals surface area contributed by atoms with Crippen molar-refractivity contribution in [3.63, 3.8) is 0 Å². The van der Waals surface area contributed by atoms with E-state index in [1.165, 1.54) is 0 Å². The van der Waals surface area contributed by atoms with Crippen molar-refractivity contribution in [2.24, 2.45) is 0 Å². The molecule has 0 aliphatic carbocycles. The first-order chi connectivity index (χ1) is 6.67. The predicted octanol–water partition coefficient (Wildman–Crippen LogP) is 1.63. The van der Waals surface area contributed by atoms with Crippen LogP contribution >= 0.6 is 12.2 Å². The lowest BCUT2D eigenvalue weighted by molar-refractivity contribution is 0.202. The van der Waals surface area contributed by atoms with E-state index in [4.69, 9.17) is 17.0 Å². The molecule has 0 saturated heterocycles. The molecule has 0 radical (unpaired) electrons. The molecule has 0 atom stereocenters. The van der Waals surface area contributed by atoms with Crippen LogP contribution in [-0.4, -0.2) is 43.4 Å². The van der Waals surface area contributed by atoms with Crippen LogP contribution in [0.25, 0.3) is 0 Å². The number of nitrogens with zero attached hydrogens (tertiary/aromatic N) is 1. The third-order valence-electron chi connectivity index (χ3n) is 2.39. The molecule has 0 unspecified atom stereocenters. The van der Waals surface area contributed by atoms with Crippen LogP contribution in [0.5, 0.6) is 0 Å². The summed E-state index contributed by atoms with van der Waals surface area (Å²) < 4.78 is 4.94. The number of rotatable bonds is 6. The summed E-state index contributed by atoms with van der Waals surface area (Å²) in [5.41, 5.74) is 0. The number of hydrogen-bond donors (Lipinski definition) is 1. The van der Waals surface area contributed by atoms with Gasteiger partial charge in [0.1, 0.15) is 0 Å². The molecule has 0 spiro atoms. The molecule has 4 heteroatoms. The Hall–Kier alpha value is -0.350. The van der Waals surface area contributed by atoms with Crippen molar-refractivity contribution < 1.29 is 4.74 Å². The SMILES string of the molecule is CCC(CC)N(C)C(=S)NCCOC. The van der Waals surface area contributed by atoms with Crippen LogP contribution in [0.3, 0.4) is 0 Å². The fraction of sp³-hybridized carbons (Fsp3) is 0.900. The quantitative estimate of drug-likeness (QED) is 0.541. The predicted molar refractivity (Wildman–Crippen MR) is 64.6 cm³/mol. The standard InChI is InChI=1S/C10H22N2OS/c1-5-9(6-2)12(3)10(14)11-7-8-13-4/h9H,5-8H2,1-4H3,(H,11,14). The van der Waals surface area contributed by atoms with Gasteiger partial charge in [0.25, 0.3) is 0 Å². The smallest absolute Gasteiger partial charge is 0.169 e. The Balaban J connectivity index is 3.84. The van der Waals surface area contributed by atoms with Gasteiger partial charge in [-0.1, -0.05) is 13.8 Å². The minimum Gasteiger partial charge on any atom is -0.383 e. The molecular weight excluding hydrogens is 196 g/mol. The highest BCUT2D eigenvalue weighted by atomic mass is 32.1. The van der Waals surface area contributed by atoms with Gasteiger partial charge in [-0.2, -0.15) is 0 Å². The van der Waals surface area contributed by atoms with Crippen LogP contribution in [-0.2, 0) is 4.74 Å². The molecule has 0 aromatic carbocycles. The zero-order chi connectivity index (χ0) is 11.0. The molecular formula is C10H22N2OS. The van der Waals surface area contributed by atoms with Crippen LogP contribution in [0.15, 0.2) is 0 Å². The first kappa shape index (κ1) is 13.7. The third kappa shape index (κ3) is 4.77. The topological polar surface area (TPSA) is 24.5 Å². The molecule has 0 aromatic heterocycles. The van der Waals surface area contributed by atoms with Crippen molar-refractivity contribution >= 4 is 17.3 Å². The van der Waals surface area contributed by atoms with Gasteiger partial charge in [0.05, 0.1) is 6.61 Å². The van der Waals surface area contributed by atoms with Crippen molar-refractivity contribution in [1.29, 1.82) is 0 Å². The van der Waals surface area contributed by atoms with E-state index in [0.717, 1.165) is 24.5 Å². The molecule has 0 rings (SSSR count). The zero-order valence-electron chi connectivity index (χ0n) is 9.67. The second-order valence-corrected chi connectivity index (χ2v) is 3.69. The lowest BCUT2D eigenvalue weighted by Crippen LogP contribution is -2.43. The van der Waals surface area contributed by atoms with E-state index >= 15 is 0 Å². The van der Waals surface area contributed by atoms with Crippen LogP contribution in [0, 0.1) is 0 Å². The number of hydrogen-bond acceptors (Lipinski definition) is 2. The average Bonchev–Trinajstić information content (AvgIpc) is 2.19.